The Morgan fingerprint density at radius 2 is 2.16 bits per heavy atom. The van der Waals surface area contributed by atoms with E-state index in [1.165, 1.54) is 0 Å². The minimum absolute atomic E-state index is 0.168. The van der Waals surface area contributed by atoms with Gasteiger partial charge in [0.25, 0.3) is 5.91 Å². The smallest absolute Gasteiger partial charge is 0.273 e. The average Bonchev–Trinajstić information content (AvgIpc) is 3.23. The Morgan fingerprint density at radius 1 is 1.40 bits per heavy atom. The standard InChI is InChI=1S/C19H25N3O3/c1-13(2)17-10-18(22(3)21-17)19(23)20-15-4-6-16(7-5-15)25-12-14-8-9-24-11-14/h4-7,10,13-14H,8-9,11-12H2,1-3H3,(H,20,23). The number of amides is 1. The maximum Gasteiger partial charge on any atom is 0.273 e. The number of aryl methyl sites for hydroxylation is 1. The van der Waals surface area contributed by atoms with Gasteiger partial charge in [-0.25, -0.2) is 0 Å². The quantitative estimate of drug-likeness (QED) is 0.875. The monoisotopic (exact) mass is 343 g/mol. The first-order valence-corrected chi connectivity index (χ1v) is 8.69. The molecule has 1 N–H and O–H groups in total. The number of hydrogen-bond acceptors (Lipinski definition) is 4. The van der Waals surface area contributed by atoms with Crippen LogP contribution >= 0.6 is 0 Å². The van der Waals surface area contributed by atoms with Gasteiger partial charge in [0.2, 0.25) is 0 Å². The predicted octanol–water partition coefficient (Wildman–Crippen LogP) is 3.21. The van der Waals surface area contributed by atoms with Gasteiger partial charge >= 0.3 is 0 Å². The third-order valence-electron chi connectivity index (χ3n) is 4.34. The summed E-state index contributed by atoms with van der Waals surface area (Å²) in [5, 5.41) is 7.28. The van der Waals surface area contributed by atoms with Gasteiger partial charge in [-0.05, 0) is 42.7 Å². The molecule has 1 atom stereocenters. The van der Waals surface area contributed by atoms with Crippen molar-refractivity contribution in [3.05, 3.63) is 41.7 Å². The molecule has 0 aliphatic carbocycles. The van der Waals surface area contributed by atoms with Crippen molar-refractivity contribution >= 4 is 11.6 Å². The largest absolute Gasteiger partial charge is 0.493 e. The van der Waals surface area contributed by atoms with Crippen molar-refractivity contribution in [2.75, 3.05) is 25.1 Å². The highest BCUT2D eigenvalue weighted by Crippen LogP contribution is 2.20. The lowest BCUT2D eigenvalue weighted by Crippen LogP contribution is -2.16. The molecule has 1 unspecified atom stereocenters. The second-order valence-corrected chi connectivity index (χ2v) is 6.75. The van der Waals surface area contributed by atoms with Crippen LogP contribution in [0.3, 0.4) is 0 Å². The fourth-order valence-electron chi connectivity index (χ4n) is 2.74. The van der Waals surface area contributed by atoms with Crippen molar-refractivity contribution in [1.29, 1.82) is 0 Å². The average molecular weight is 343 g/mol. The van der Waals surface area contributed by atoms with Gasteiger partial charge in [0.15, 0.2) is 0 Å². The minimum atomic E-state index is -0.168. The number of nitrogens with zero attached hydrogens (tertiary/aromatic N) is 2. The van der Waals surface area contributed by atoms with Gasteiger partial charge < -0.3 is 14.8 Å². The van der Waals surface area contributed by atoms with Crippen LogP contribution in [0.4, 0.5) is 5.69 Å². The SMILES string of the molecule is CC(C)c1cc(C(=O)Nc2ccc(OCC3CCOC3)cc2)n(C)n1. The molecule has 1 saturated heterocycles. The van der Waals surface area contributed by atoms with Crippen LogP contribution in [0.2, 0.25) is 0 Å². The number of rotatable bonds is 6. The van der Waals surface area contributed by atoms with E-state index in [0.717, 1.165) is 36.8 Å². The van der Waals surface area contributed by atoms with E-state index in [-0.39, 0.29) is 11.8 Å². The zero-order chi connectivity index (χ0) is 17.8. The summed E-state index contributed by atoms with van der Waals surface area (Å²) in [5.41, 5.74) is 2.19. The van der Waals surface area contributed by atoms with Gasteiger partial charge in [-0.2, -0.15) is 5.10 Å². The van der Waals surface area contributed by atoms with Crippen molar-refractivity contribution in [3.8, 4) is 5.75 Å². The van der Waals surface area contributed by atoms with E-state index in [0.29, 0.717) is 18.2 Å². The van der Waals surface area contributed by atoms with E-state index in [2.05, 4.69) is 24.3 Å². The fraction of sp³-hybridized carbons (Fsp3) is 0.474. The molecule has 0 saturated carbocycles. The highest BCUT2D eigenvalue weighted by molar-refractivity contribution is 6.03. The number of carbonyl (C=O) groups excluding carboxylic acids is 1. The predicted molar refractivity (Wildman–Crippen MR) is 96.1 cm³/mol. The van der Waals surface area contributed by atoms with Crippen molar-refractivity contribution in [2.24, 2.45) is 13.0 Å². The molecule has 134 valence electrons. The van der Waals surface area contributed by atoms with Crippen LogP contribution in [-0.2, 0) is 11.8 Å². The van der Waals surface area contributed by atoms with Crippen LogP contribution in [0, 0.1) is 5.92 Å². The number of nitrogens with one attached hydrogen (secondary N) is 1. The highest BCUT2D eigenvalue weighted by Gasteiger charge is 2.17. The summed E-state index contributed by atoms with van der Waals surface area (Å²) in [6.07, 6.45) is 1.05. The molecule has 2 aromatic rings. The molecule has 1 fully saturated rings. The normalized spacial score (nSPS) is 17.0. The van der Waals surface area contributed by atoms with Crippen LogP contribution in [0.15, 0.2) is 30.3 Å². The van der Waals surface area contributed by atoms with Crippen molar-refractivity contribution in [2.45, 2.75) is 26.2 Å². The Labute approximate surface area is 148 Å². The van der Waals surface area contributed by atoms with Crippen molar-refractivity contribution < 1.29 is 14.3 Å². The summed E-state index contributed by atoms with van der Waals surface area (Å²) >= 11 is 0. The summed E-state index contributed by atoms with van der Waals surface area (Å²) < 4.78 is 12.7. The molecule has 3 rings (SSSR count). The molecule has 6 nitrogen and oxygen atoms in total. The van der Waals surface area contributed by atoms with E-state index in [1.807, 2.05) is 30.3 Å². The summed E-state index contributed by atoms with van der Waals surface area (Å²) in [7, 11) is 1.78. The summed E-state index contributed by atoms with van der Waals surface area (Å²) in [4.78, 5) is 12.4. The highest BCUT2D eigenvalue weighted by atomic mass is 16.5. The molecule has 1 aliphatic heterocycles. The number of ether oxygens (including phenoxy) is 2. The van der Waals surface area contributed by atoms with Crippen LogP contribution in [0.5, 0.6) is 5.75 Å². The first kappa shape index (κ1) is 17.5. The molecule has 0 bridgehead atoms. The molecule has 2 heterocycles. The fourth-order valence-corrected chi connectivity index (χ4v) is 2.74. The third kappa shape index (κ3) is 4.39. The minimum Gasteiger partial charge on any atom is -0.493 e. The van der Waals surface area contributed by atoms with Crippen LogP contribution in [0.1, 0.15) is 42.4 Å². The third-order valence-corrected chi connectivity index (χ3v) is 4.34. The lowest BCUT2D eigenvalue weighted by molar-refractivity contribution is 0.101. The van der Waals surface area contributed by atoms with Gasteiger partial charge in [0.05, 0.1) is 18.9 Å². The lowest BCUT2D eigenvalue weighted by Gasteiger charge is -2.11. The van der Waals surface area contributed by atoms with Gasteiger partial charge in [-0.15, -0.1) is 0 Å². The first-order chi connectivity index (χ1) is 12.0. The summed E-state index contributed by atoms with van der Waals surface area (Å²) in [6.45, 7) is 6.38. The second-order valence-electron chi connectivity index (χ2n) is 6.75. The van der Waals surface area contributed by atoms with Crippen molar-refractivity contribution in [3.63, 3.8) is 0 Å². The Morgan fingerprint density at radius 3 is 2.76 bits per heavy atom. The molecule has 1 amide bonds. The Balaban J connectivity index is 1.58. The van der Waals surface area contributed by atoms with E-state index in [4.69, 9.17) is 9.47 Å². The summed E-state index contributed by atoms with van der Waals surface area (Å²) in [6, 6.07) is 9.26. The molecular formula is C19H25N3O3. The summed E-state index contributed by atoms with van der Waals surface area (Å²) in [5.74, 6) is 1.39. The Bertz CT molecular complexity index is 716. The molecule has 0 radical (unpaired) electrons. The van der Waals surface area contributed by atoms with Gasteiger partial charge in [-0.3, -0.25) is 9.48 Å². The van der Waals surface area contributed by atoms with Crippen molar-refractivity contribution in [1.82, 2.24) is 9.78 Å². The van der Waals surface area contributed by atoms with E-state index in [9.17, 15) is 4.79 Å². The van der Waals surface area contributed by atoms with Crippen LogP contribution in [-0.4, -0.2) is 35.5 Å². The molecule has 1 aromatic carbocycles. The molecule has 1 aliphatic rings. The van der Waals surface area contributed by atoms with Crippen LogP contribution < -0.4 is 10.1 Å². The molecule has 6 heteroatoms. The number of aromatic nitrogens is 2. The molecule has 1 aromatic heterocycles. The zero-order valence-electron chi connectivity index (χ0n) is 15.0. The van der Waals surface area contributed by atoms with Gasteiger partial charge in [0, 0.05) is 25.3 Å². The van der Waals surface area contributed by atoms with E-state index >= 15 is 0 Å². The molecular weight excluding hydrogens is 318 g/mol. The maximum absolute atomic E-state index is 12.4. The number of carbonyl (C=O) groups is 1. The van der Waals surface area contributed by atoms with E-state index in [1.54, 1.807) is 11.7 Å². The van der Waals surface area contributed by atoms with Crippen LogP contribution in [0.25, 0.3) is 0 Å². The maximum atomic E-state index is 12.4. The number of hydrogen-bond donors (Lipinski definition) is 1. The lowest BCUT2D eigenvalue weighted by atomic mass is 10.1. The number of benzene rings is 1. The topological polar surface area (TPSA) is 65.4 Å². The Hall–Kier alpha value is -2.34. The zero-order valence-corrected chi connectivity index (χ0v) is 15.0. The van der Waals surface area contributed by atoms with E-state index < -0.39 is 0 Å². The molecule has 25 heavy (non-hydrogen) atoms. The second kappa shape index (κ2) is 7.70. The Kier molecular flexibility index (Phi) is 5.38. The van der Waals surface area contributed by atoms with Gasteiger partial charge in [0.1, 0.15) is 11.4 Å². The molecule has 0 spiro atoms. The van der Waals surface area contributed by atoms with Gasteiger partial charge in [-0.1, -0.05) is 13.8 Å². The first-order valence-electron chi connectivity index (χ1n) is 8.69. The number of anilines is 1.